The summed E-state index contributed by atoms with van der Waals surface area (Å²) < 4.78 is 18.9. The Hall–Kier alpha value is -3.26. The molecule has 3 aromatic carbocycles. The smallest absolute Gasteiger partial charge is 0.303 e. The molecule has 3 aromatic rings. The van der Waals surface area contributed by atoms with E-state index >= 15 is 0 Å². The van der Waals surface area contributed by atoms with Crippen molar-refractivity contribution < 1.29 is 24.1 Å². The average molecular weight is 649 g/mol. The van der Waals surface area contributed by atoms with Gasteiger partial charge in [-0.1, -0.05) is 41.9 Å². The minimum absolute atomic E-state index is 0.114. The van der Waals surface area contributed by atoms with Crippen molar-refractivity contribution in [2.24, 2.45) is 0 Å². The second-order valence-corrected chi connectivity index (χ2v) is 13.7. The maximum Gasteiger partial charge on any atom is 0.303 e. The number of carboxylic acids is 1. The molecular formula is C38H49ClN2O5. The molecule has 8 heteroatoms. The maximum atomic E-state index is 10.9. The third-order valence-corrected chi connectivity index (χ3v) is 9.82. The Labute approximate surface area is 279 Å². The van der Waals surface area contributed by atoms with Gasteiger partial charge in [-0.2, -0.15) is 0 Å². The molecule has 1 saturated heterocycles. The van der Waals surface area contributed by atoms with E-state index in [0.717, 1.165) is 48.4 Å². The Bertz CT molecular complexity index is 1520. The van der Waals surface area contributed by atoms with Gasteiger partial charge in [0.2, 0.25) is 0 Å². The molecule has 0 radical (unpaired) electrons. The third kappa shape index (κ3) is 7.99. The van der Waals surface area contributed by atoms with Crippen LogP contribution in [0.25, 0.3) is 11.1 Å². The molecule has 1 aliphatic carbocycles. The summed E-state index contributed by atoms with van der Waals surface area (Å²) in [7, 11) is 1.97. The molecule has 0 saturated carbocycles. The van der Waals surface area contributed by atoms with Crippen molar-refractivity contribution in [3.63, 3.8) is 0 Å². The molecule has 0 bridgehead atoms. The van der Waals surface area contributed by atoms with Gasteiger partial charge in [-0.05, 0) is 113 Å². The van der Waals surface area contributed by atoms with Gasteiger partial charge in [-0.25, -0.2) is 0 Å². The first-order valence-corrected chi connectivity index (χ1v) is 17.1. The fourth-order valence-electron chi connectivity index (χ4n) is 6.73. The number of halogens is 1. The highest BCUT2D eigenvalue weighted by Gasteiger charge is 2.34. The zero-order valence-electron chi connectivity index (χ0n) is 28.0. The number of carbonyl (C=O) groups is 1. The van der Waals surface area contributed by atoms with Crippen LogP contribution < -0.4 is 14.2 Å². The number of ether oxygens (including phenoxy) is 3. The molecule has 1 aliphatic heterocycles. The van der Waals surface area contributed by atoms with Crippen LogP contribution in [0.3, 0.4) is 0 Å². The summed E-state index contributed by atoms with van der Waals surface area (Å²) in [6.07, 6.45) is 4.69. The van der Waals surface area contributed by atoms with E-state index in [-0.39, 0.29) is 12.5 Å². The van der Waals surface area contributed by atoms with Crippen molar-refractivity contribution in [2.45, 2.75) is 84.4 Å². The molecular weight excluding hydrogens is 600 g/mol. The fraction of sp³-hybridized carbons (Fsp3) is 0.500. The molecule has 5 rings (SSSR count). The highest BCUT2D eigenvalue weighted by Crippen LogP contribution is 2.44. The van der Waals surface area contributed by atoms with Gasteiger partial charge < -0.3 is 24.2 Å². The number of likely N-dealkylation sites (tertiary alicyclic amines) is 1. The van der Waals surface area contributed by atoms with Crippen LogP contribution in [0.1, 0.15) is 81.2 Å². The number of hydrogen-bond acceptors (Lipinski definition) is 6. The Kier molecular flexibility index (Phi) is 11.2. The monoisotopic (exact) mass is 648 g/mol. The van der Waals surface area contributed by atoms with Crippen molar-refractivity contribution in [3.05, 3.63) is 75.8 Å². The number of aliphatic carboxylic acids is 1. The molecule has 1 atom stereocenters. The summed E-state index contributed by atoms with van der Waals surface area (Å²) in [5, 5.41) is 9.51. The van der Waals surface area contributed by atoms with E-state index in [1.165, 1.54) is 35.2 Å². The fourth-order valence-corrected chi connectivity index (χ4v) is 6.96. The number of fused-ring (bicyclic) bond motifs is 1. The molecule has 0 unspecified atom stereocenters. The van der Waals surface area contributed by atoms with Crippen LogP contribution in [-0.4, -0.2) is 66.3 Å². The molecule has 0 aromatic heterocycles. The number of hydrogen-bond donors (Lipinski definition) is 1. The lowest BCUT2D eigenvalue weighted by Crippen LogP contribution is -2.55. The largest absolute Gasteiger partial charge is 0.493 e. The van der Waals surface area contributed by atoms with Gasteiger partial charge in [0.25, 0.3) is 0 Å². The second kappa shape index (κ2) is 15.1. The summed E-state index contributed by atoms with van der Waals surface area (Å²) in [4.78, 5) is 15.5. The van der Waals surface area contributed by atoms with Crippen molar-refractivity contribution in [1.29, 1.82) is 0 Å². The van der Waals surface area contributed by atoms with E-state index in [0.29, 0.717) is 49.0 Å². The lowest BCUT2D eigenvalue weighted by Gasteiger charge is -2.48. The summed E-state index contributed by atoms with van der Waals surface area (Å²) in [5.74, 6) is 1.52. The third-order valence-electron chi connectivity index (χ3n) is 9.52. The maximum absolute atomic E-state index is 10.9. The second-order valence-electron chi connectivity index (χ2n) is 13.3. The Morgan fingerprint density at radius 3 is 2.57 bits per heavy atom. The first-order valence-electron chi connectivity index (χ1n) is 16.7. The van der Waals surface area contributed by atoms with E-state index in [1.807, 2.05) is 26.1 Å². The molecule has 1 heterocycles. The van der Waals surface area contributed by atoms with Gasteiger partial charge in [0.05, 0.1) is 18.2 Å². The predicted octanol–water partition coefficient (Wildman–Crippen LogP) is 8.33. The molecule has 46 heavy (non-hydrogen) atoms. The van der Waals surface area contributed by atoms with Crippen molar-refractivity contribution in [3.8, 4) is 28.4 Å². The van der Waals surface area contributed by atoms with E-state index < -0.39 is 5.97 Å². The molecule has 1 N–H and O–H groups in total. The summed E-state index contributed by atoms with van der Waals surface area (Å²) in [6, 6.07) is 16.7. The number of rotatable bonds is 16. The summed E-state index contributed by atoms with van der Waals surface area (Å²) >= 11 is 6.80. The van der Waals surface area contributed by atoms with E-state index in [9.17, 15) is 4.79 Å². The van der Waals surface area contributed by atoms with Crippen LogP contribution in [0.15, 0.2) is 48.5 Å². The van der Waals surface area contributed by atoms with Crippen LogP contribution in [0.5, 0.6) is 17.2 Å². The van der Waals surface area contributed by atoms with Gasteiger partial charge in [0, 0.05) is 43.2 Å². The van der Waals surface area contributed by atoms with Gasteiger partial charge in [-0.15, -0.1) is 0 Å². The molecule has 7 nitrogen and oxygen atoms in total. The quantitative estimate of drug-likeness (QED) is 0.157. The number of carboxylic acid groups (broad SMARTS) is 1. The van der Waals surface area contributed by atoms with Gasteiger partial charge >= 0.3 is 5.97 Å². The summed E-state index contributed by atoms with van der Waals surface area (Å²) in [5.41, 5.74) is 7.38. The van der Waals surface area contributed by atoms with E-state index in [1.54, 1.807) is 0 Å². The number of benzene rings is 3. The average Bonchev–Trinajstić information content (AvgIpc) is 3.42. The normalized spacial score (nSPS) is 17.1. The highest BCUT2D eigenvalue weighted by atomic mass is 35.5. The van der Waals surface area contributed by atoms with Gasteiger partial charge in [0.15, 0.2) is 0 Å². The van der Waals surface area contributed by atoms with Gasteiger partial charge in [0.1, 0.15) is 23.4 Å². The van der Waals surface area contributed by atoms with E-state index in [2.05, 4.69) is 67.0 Å². The zero-order chi connectivity index (χ0) is 32.8. The molecule has 1 fully saturated rings. The Balaban J connectivity index is 1.28. The van der Waals surface area contributed by atoms with E-state index in [4.69, 9.17) is 30.9 Å². The minimum Gasteiger partial charge on any atom is -0.493 e. The predicted molar refractivity (Wildman–Crippen MR) is 185 cm³/mol. The van der Waals surface area contributed by atoms with Gasteiger partial charge in [-0.3, -0.25) is 9.69 Å². The standard InChI is InChI=1S/C38H49ClN2O5/c1-6-44-35-24-36(32(39)23-27(35)25-40(5)19-9-15-37(42)43)46-34-17-16-30-29(12-7-13-31(30)34)28-11-8-14-33(26(28)2)45-22-10-20-41-21-18-38(41,3)4/h7-8,11-14,23-24,34H,6,9-10,15-22,25H2,1-5H3,(H,42,43)/t34-/m0/s1. The first kappa shape index (κ1) is 34.1. The minimum atomic E-state index is -0.779. The zero-order valence-corrected chi connectivity index (χ0v) is 28.8. The summed E-state index contributed by atoms with van der Waals surface area (Å²) in [6.45, 7) is 13.5. The topological polar surface area (TPSA) is 71.5 Å². The van der Waals surface area contributed by atoms with Crippen molar-refractivity contribution in [2.75, 3.05) is 39.9 Å². The lowest BCUT2D eigenvalue weighted by atomic mass is 9.89. The first-order chi connectivity index (χ1) is 22.1. The van der Waals surface area contributed by atoms with Crippen LogP contribution in [0.2, 0.25) is 5.02 Å². The van der Waals surface area contributed by atoms with Crippen LogP contribution in [-0.2, 0) is 17.8 Å². The van der Waals surface area contributed by atoms with Crippen LogP contribution >= 0.6 is 11.6 Å². The molecule has 0 spiro atoms. The van der Waals surface area contributed by atoms with Crippen molar-refractivity contribution in [1.82, 2.24) is 9.80 Å². The van der Waals surface area contributed by atoms with Crippen LogP contribution in [0, 0.1) is 6.92 Å². The molecule has 2 aliphatic rings. The van der Waals surface area contributed by atoms with Crippen LogP contribution in [0.4, 0.5) is 0 Å². The Morgan fingerprint density at radius 2 is 1.85 bits per heavy atom. The SMILES string of the molecule is CCOc1cc(O[C@H]2CCc3c(-c4cccc(OCCCN5CCC5(C)C)c4C)cccc32)c(Cl)cc1CN(C)CCCC(=O)O. The van der Waals surface area contributed by atoms with Crippen molar-refractivity contribution >= 4 is 17.6 Å². The number of nitrogens with zero attached hydrogens (tertiary/aromatic N) is 2. The highest BCUT2D eigenvalue weighted by molar-refractivity contribution is 6.32. The Morgan fingerprint density at radius 1 is 1.07 bits per heavy atom. The molecule has 0 amide bonds. The lowest BCUT2D eigenvalue weighted by molar-refractivity contribution is -0.137. The molecule has 248 valence electrons.